The van der Waals surface area contributed by atoms with E-state index >= 15 is 0 Å². The van der Waals surface area contributed by atoms with Crippen LogP contribution in [0.4, 0.5) is 0 Å². The van der Waals surface area contributed by atoms with Gasteiger partial charge in [-0.25, -0.2) is 4.79 Å². The normalized spacial score (nSPS) is 41.0. The van der Waals surface area contributed by atoms with Gasteiger partial charge in [-0.05, 0) is 52.0 Å². The fraction of sp³-hybridized carbons (Fsp3) is 0.750. The fourth-order valence-corrected chi connectivity index (χ4v) is 4.26. The molecule has 0 radical (unpaired) electrons. The maximum absolute atomic E-state index is 12.5. The summed E-state index contributed by atoms with van der Waals surface area (Å²) in [5.74, 6) is -1.33. The van der Waals surface area contributed by atoms with Crippen LogP contribution in [0.2, 0.25) is 0 Å². The molecule has 3 rings (SSSR count). The van der Waals surface area contributed by atoms with Crippen molar-refractivity contribution in [3.63, 3.8) is 0 Å². The summed E-state index contributed by atoms with van der Waals surface area (Å²) in [7, 11) is 0. The molecule has 7 atom stereocenters. The van der Waals surface area contributed by atoms with Crippen molar-refractivity contribution in [2.75, 3.05) is 6.61 Å². The first kappa shape index (κ1) is 20.5. The molecule has 7 nitrogen and oxygen atoms in total. The molecule has 1 saturated heterocycles. The van der Waals surface area contributed by atoms with Crippen molar-refractivity contribution >= 4 is 5.97 Å². The summed E-state index contributed by atoms with van der Waals surface area (Å²) in [6.07, 6.45) is 0.286. The molecule has 1 unspecified atom stereocenters. The molecule has 0 spiro atoms. The Morgan fingerprint density at radius 1 is 1.44 bits per heavy atom. The molecule has 1 saturated carbocycles. The first-order valence-electron chi connectivity index (χ1n) is 9.45. The molecule has 27 heavy (non-hydrogen) atoms. The van der Waals surface area contributed by atoms with E-state index in [1.165, 1.54) is 19.9 Å². The van der Waals surface area contributed by atoms with E-state index in [2.05, 4.69) is 6.58 Å². The van der Waals surface area contributed by atoms with Crippen LogP contribution in [0.25, 0.3) is 0 Å². The van der Waals surface area contributed by atoms with Gasteiger partial charge in [0.05, 0.1) is 23.9 Å². The number of esters is 1. The van der Waals surface area contributed by atoms with E-state index in [1.54, 1.807) is 6.92 Å². The van der Waals surface area contributed by atoms with Gasteiger partial charge in [-0.3, -0.25) is 0 Å². The van der Waals surface area contributed by atoms with Crippen LogP contribution in [0.5, 0.6) is 0 Å². The number of fused-ring (bicyclic) bond motifs is 1. The van der Waals surface area contributed by atoms with E-state index in [4.69, 9.17) is 9.47 Å². The number of hydrogen-bond acceptors (Lipinski definition) is 7. The van der Waals surface area contributed by atoms with E-state index in [1.807, 2.05) is 0 Å². The first-order chi connectivity index (χ1) is 12.5. The number of epoxide rings is 1. The Labute approximate surface area is 159 Å². The largest absolute Gasteiger partial charge is 0.452 e. The van der Waals surface area contributed by atoms with Gasteiger partial charge in [-0.15, -0.1) is 0 Å². The summed E-state index contributed by atoms with van der Waals surface area (Å²) in [5.41, 5.74) is -1.33. The van der Waals surface area contributed by atoms with Gasteiger partial charge in [0.25, 0.3) is 0 Å². The molecule has 3 aliphatic rings. The second kappa shape index (κ2) is 6.97. The Kier molecular flexibility index (Phi) is 5.29. The zero-order valence-corrected chi connectivity index (χ0v) is 16.1. The van der Waals surface area contributed by atoms with Gasteiger partial charge in [-0.1, -0.05) is 12.2 Å². The van der Waals surface area contributed by atoms with Gasteiger partial charge < -0.3 is 29.9 Å². The molecule has 0 aromatic heterocycles. The van der Waals surface area contributed by atoms with Gasteiger partial charge in [0.15, 0.2) is 0 Å². The van der Waals surface area contributed by atoms with E-state index < -0.39 is 35.3 Å². The Morgan fingerprint density at radius 3 is 2.70 bits per heavy atom. The number of ether oxygens (including phenoxy) is 2. The Hall–Kier alpha value is -1.25. The van der Waals surface area contributed by atoms with Crippen LogP contribution in [0.15, 0.2) is 23.8 Å². The number of aliphatic hydroxyl groups excluding tert-OH is 2. The van der Waals surface area contributed by atoms with E-state index in [-0.39, 0.29) is 24.7 Å². The smallest absolute Gasteiger partial charge is 0.334 e. The summed E-state index contributed by atoms with van der Waals surface area (Å²) in [4.78, 5) is 12.5. The molecule has 2 aliphatic heterocycles. The summed E-state index contributed by atoms with van der Waals surface area (Å²) in [6.45, 7) is 8.50. The van der Waals surface area contributed by atoms with E-state index in [9.17, 15) is 25.2 Å². The third kappa shape index (κ3) is 3.98. The fourth-order valence-electron chi connectivity index (χ4n) is 4.26. The lowest BCUT2D eigenvalue weighted by Gasteiger charge is -2.29. The summed E-state index contributed by atoms with van der Waals surface area (Å²) in [6, 6.07) is 0. The van der Waals surface area contributed by atoms with Crippen molar-refractivity contribution in [3.8, 4) is 0 Å². The average molecular weight is 382 g/mol. The maximum Gasteiger partial charge on any atom is 0.334 e. The average Bonchev–Trinajstić information content (AvgIpc) is 3.23. The maximum atomic E-state index is 12.5. The minimum Gasteiger partial charge on any atom is -0.452 e. The molecule has 152 valence electrons. The number of hydrogen-bond donors (Lipinski definition) is 4. The third-order valence-corrected chi connectivity index (χ3v) is 6.08. The van der Waals surface area contributed by atoms with Crippen molar-refractivity contribution in [1.29, 1.82) is 0 Å². The van der Waals surface area contributed by atoms with Crippen LogP contribution < -0.4 is 0 Å². The van der Waals surface area contributed by atoms with E-state index in [0.717, 1.165) is 5.57 Å². The van der Waals surface area contributed by atoms with Gasteiger partial charge in [0.1, 0.15) is 18.3 Å². The highest BCUT2D eigenvalue weighted by Crippen LogP contribution is 2.46. The molecular weight excluding hydrogens is 352 g/mol. The van der Waals surface area contributed by atoms with Crippen molar-refractivity contribution < 1.29 is 34.7 Å². The van der Waals surface area contributed by atoms with Crippen molar-refractivity contribution in [3.05, 3.63) is 23.8 Å². The lowest BCUT2D eigenvalue weighted by Crippen LogP contribution is -2.44. The predicted octanol–water partition coefficient (Wildman–Crippen LogP) is 0.453. The molecule has 0 aromatic carbocycles. The van der Waals surface area contributed by atoms with Crippen molar-refractivity contribution in [2.45, 2.75) is 75.7 Å². The number of aliphatic hydroxyl groups is 4. The molecule has 7 heteroatoms. The van der Waals surface area contributed by atoms with Gasteiger partial charge in [0.2, 0.25) is 0 Å². The quantitative estimate of drug-likeness (QED) is 0.317. The topological polar surface area (TPSA) is 120 Å². The molecule has 0 bridgehead atoms. The SMILES string of the molecule is C=C1C[C@H]2O[C@H]2[C@@](C)(O)CC[C@H](C2=C[C@H](C(O)C(C)(C)O)OC2=O)[C@H]1CO. The van der Waals surface area contributed by atoms with Crippen LogP contribution in [-0.2, 0) is 14.3 Å². The zero-order chi connectivity index (χ0) is 20.1. The monoisotopic (exact) mass is 382 g/mol. The van der Waals surface area contributed by atoms with Crippen molar-refractivity contribution in [1.82, 2.24) is 0 Å². The lowest BCUT2D eigenvalue weighted by molar-refractivity contribution is -0.152. The van der Waals surface area contributed by atoms with Crippen LogP contribution in [0.1, 0.15) is 40.0 Å². The molecule has 0 amide bonds. The van der Waals surface area contributed by atoms with Crippen LogP contribution in [0, 0.1) is 11.8 Å². The number of carbonyl (C=O) groups excluding carboxylic acids is 1. The first-order valence-corrected chi connectivity index (χ1v) is 9.45. The van der Waals surface area contributed by atoms with Crippen molar-refractivity contribution in [2.24, 2.45) is 11.8 Å². The third-order valence-electron chi connectivity index (χ3n) is 6.08. The van der Waals surface area contributed by atoms with Crippen LogP contribution in [-0.4, -0.2) is 68.6 Å². The van der Waals surface area contributed by atoms with Gasteiger partial charge >= 0.3 is 5.97 Å². The molecule has 2 heterocycles. The highest BCUT2D eigenvalue weighted by atomic mass is 16.6. The van der Waals surface area contributed by atoms with Gasteiger partial charge in [0, 0.05) is 11.5 Å². The Balaban J connectivity index is 1.89. The van der Waals surface area contributed by atoms with E-state index in [0.29, 0.717) is 24.8 Å². The highest BCUT2D eigenvalue weighted by Gasteiger charge is 2.53. The molecular formula is C20H30O7. The number of carbonyl (C=O) groups is 1. The summed E-state index contributed by atoms with van der Waals surface area (Å²) >= 11 is 0. The summed E-state index contributed by atoms with van der Waals surface area (Å²) < 4.78 is 10.9. The van der Waals surface area contributed by atoms with Gasteiger partial charge in [-0.2, -0.15) is 0 Å². The standard InChI is InChI=1S/C20H30O7/c1-10-7-15-17(26-15)20(4,25)6-5-11(13(10)9-21)12-8-14(27-18(12)23)16(22)19(2,3)24/h8,11,13-17,21-22,24-25H,1,5-7,9H2,2-4H3/t11-,13+,14-,15-,16?,17-,20+/m1/s1. The summed E-state index contributed by atoms with van der Waals surface area (Å²) in [5, 5.41) is 41.0. The van der Waals surface area contributed by atoms with Crippen LogP contribution >= 0.6 is 0 Å². The number of rotatable bonds is 4. The molecule has 2 fully saturated rings. The molecule has 0 aromatic rings. The second-order valence-electron chi connectivity index (χ2n) is 8.84. The zero-order valence-electron chi connectivity index (χ0n) is 16.1. The Bertz CT molecular complexity index is 645. The Morgan fingerprint density at radius 2 is 2.11 bits per heavy atom. The second-order valence-corrected chi connectivity index (χ2v) is 8.84. The molecule has 4 N–H and O–H groups in total. The number of cyclic esters (lactones) is 1. The minimum absolute atomic E-state index is 0.116. The highest BCUT2D eigenvalue weighted by molar-refractivity contribution is 5.91. The molecule has 1 aliphatic carbocycles. The minimum atomic E-state index is -1.43. The predicted molar refractivity (Wildman–Crippen MR) is 96.6 cm³/mol. The lowest BCUT2D eigenvalue weighted by atomic mass is 9.77. The van der Waals surface area contributed by atoms with Crippen LogP contribution in [0.3, 0.4) is 0 Å².